The van der Waals surface area contributed by atoms with Gasteiger partial charge in [-0.15, -0.1) is 11.8 Å². The van der Waals surface area contributed by atoms with Gasteiger partial charge in [-0.25, -0.2) is 0 Å². The number of thioether (sulfide) groups is 1. The summed E-state index contributed by atoms with van der Waals surface area (Å²) in [6.07, 6.45) is 0.936. The summed E-state index contributed by atoms with van der Waals surface area (Å²) in [6.45, 7) is 0. The van der Waals surface area contributed by atoms with Crippen molar-refractivity contribution in [1.29, 1.82) is 0 Å². The summed E-state index contributed by atoms with van der Waals surface area (Å²) in [4.78, 5) is 10.4. The van der Waals surface area contributed by atoms with Gasteiger partial charge in [0, 0.05) is 5.75 Å². The van der Waals surface area contributed by atoms with Crippen LogP contribution in [0.25, 0.3) is 0 Å². The van der Waals surface area contributed by atoms with E-state index in [9.17, 15) is 4.79 Å². The maximum Gasteiger partial charge on any atom is 0.316 e. The van der Waals surface area contributed by atoms with Crippen molar-refractivity contribution in [3.05, 3.63) is 0 Å². The number of carboxylic acids is 1. The fourth-order valence-electron chi connectivity index (χ4n) is 0.932. The van der Waals surface area contributed by atoms with Crippen LogP contribution in [-0.4, -0.2) is 33.3 Å². The Morgan fingerprint density at radius 3 is 2.60 bits per heavy atom. The number of aliphatic hydroxyl groups excluding tert-OH is 1. The normalized spacial score (nSPS) is 33.7. The van der Waals surface area contributed by atoms with Crippen LogP contribution < -0.4 is 0 Å². The molecule has 0 radical (unpaired) electrons. The average molecular weight is 162 g/mol. The molecule has 0 amide bonds. The second kappa shape index (κ2) is 3.25. The number of aliphatic carboxylic acids is 1. The quantitative estimate of drug-likeness (QED) is 0.583. The van der Waals surface area contributed by atoms with E-state index >= 15 is 0 Å². The molecule has 3 nitrogen and oxygen atoms in total. The van der Waals surface area contributed by atoms with Crippen molar-refractivity contribution in [2.24, 2.45) is 0 Å². The zero-order valence-electron chi connectivity index (χ0n) is 5.49. The minimum Gasteiger partial charge on any atom is -0.480 e. The van der Waals surface area contributed by atoms with E-state index in [0.717, 1.165) is 0 Å². The molecule has 0 unspecified atom stereocenters. The van der Waals surface area contributed by atoms with Gasteiger partial charge in [-0.2, -0.15) is 0 Å². The highest BCUT2D eigenvalue weighted by atomic mass is 32.2. The summed E-state index contributed by atoms with van der Waals surface area (Å²) in [7, 11) is 0. The van der Waals surface area contributed by atoms with E-state index in [0.29, 0.717) is 18.6 Å². The van der Waals surface area contributed by atoms with Gasteiger partial charge >= 0.3 is 5.97 Å². The molecule has 0 aromatic rings. The van der Waals surface area contributed by atoms with E-state index in [1.807, 2.05) is 0 Å². The fraction of sp³-hybridized carbons (Fsp3) is 0.833. The van der Waals surface area contributed by atoms with Crippen LogP contribution in [0, 0.1) is 0 Å². The lowest BCUT2D eigenvalue weighted by Crippen LogP contribution is -2.27. The number of aliphatic hydroxyl groups is 1. The maximum absolute atomic E-state index is 10.4. The molecule has 1 aliphatic rings. The van der Waals surface area contributed by atoms with E-state index in [1.54, 1.807) is 0 Å². The molecule has 1 saturated heterocycles. The molecule has 1 heterocycles. The predicted octanol–water partition coefficient (Wildman–Crippen LogP) is 0.328. The number of carboxylic acid groups (broad SMARTS) is 1. The minimum absolute atomic E-state index is 0.289. The van der Waals surface area contributed by atoms with Gasteiger partial charge in [-0.3, -0.25) is 4.79 Å². The number of carbonyl (C=O) groups is 1. The third-order valence-corrected chi connectivity index (χ3v) is 2.94. The Balaban J connectivity index is 2.33. The van der Waals surface area contributed by atoms with Gasteiger partial charge < -0.3 is 10.2 Å². The summed E-state index contributed by atoms with van der Waals surface area (Å²) in [5, 5.41) is 17.2. The summed E-state index contributed by atoms with van der Waals surface area (Å²) >= 11 is 1.33. The first-order chi connectivity index (χ1) is 4.70. The molecule has 0 aromatic carbocycles. The van der Waals surface area contributed by atoms with Crippen LogP contribution in [0.5, 0.6) is 0 Å². The van der Waals surface area contributed by atoms with Crippen molar-refractivity contribution in [3.63, 3.8) is 0 Å². The highest BCUT2D eigenvalue weighted by Crippen LogP contribution is 2.25. The Hall–Kier alpha value is -0.220. The summed E-state index contributed by atoms with van der Waals surface area (Å²) in [5.74, 6) is -0.186. The second-order valence-electron chi connectivity index (χ2n) is 2.39. The van der Waals surface area contributed by atoms with Crippen LogP contribution >= 0.6 is 11.8 Å². The van der Waals surface area contributed by atoms with Crippen molar-refractivity contribution in [2.45, 2.75) is 24.2 Å². The lowest BCUT2D eigenvalue weighted by Gasteiger charge is -2.21. The van der Waals surface area contributed by atoms with E-state index in [4.69, 9.17) is 10.2 Å². The molecule has 1 rings (SSSR count). The Labute approximate surface area is 63.4 Å². The van der Waals surface area contributed by atoms with E-state index in [2.05, 4.69) is 0 Å². The van der Waals surface area contributed by atoms with Crippen LogP contribution in [-0.2, 0) is 4.79 Å². The minimum atomic E-state index is -0.753. The summed E-state index contributed by atoms with van der Waals surface area (Å²) < 4.78 is 0. The molecular formula is C6H10O3S. The fourth-order valence-corrected chi connectivity index (χ4v) is 2.00. The van der Waals surface area contributed by atoms with Gasteiger partial charge in [0.15, 0.2) is 0 Å². The van der Waals surface area contributed by atoms with Crippen molar-refractivity contribution in [2.75, 3.05) is 5.75 Å². The third kappa shape index (κ3) is 1.88. The largest absolute Gasteiger partial charge is 0.480 e. The maximum atomic E-state index is 10.4. The molecule has 0 aliphatic carbocycles. The van der Waals surface area contributed by atoms with Gasteiger partial charge in [0.05, 0.1) is 6.10 Å². The average Bonchev–Trinajstić information content (AvgIpc) is 1.88. The van der Waals surface area contributed by atoms with Crippen molar-refractivity contribution >= 4 is 17.7 Å². The molecule has 0 spiro atoms. The summed E-state index contributed by atoms with van der Waals surface area (Å²) in [5.41, 5.74) is 0. The van der Waals surface area contributed by atoms with Crippen LogP contribution in [0.15, 0.2) is 0 Å². The molecule has 4 heteroatoms. The lowest BCUT2D eigenvalue weighted by molar-refractivity contribution is -0.136. The van der Waals surface area contributed by atoms with Gasteiger partial charge in [-0.05, 0) is 12.8 Å². The zero-order chi connectivity index (χ0) is 7.56. The van der Waals surface area contributed by atoms with E-state index in [1.165, 1.54) is 11.8 Å². The van der Waals surface area contributed by atoms with Crippen molar-refractivity contribution < 1.29 is 15.0 Å². The lowest BCUT2D eigenvalue weighted by atomic mass is 10.1. The van der Waals surface area contributed by atoms with Gasteiger partial charge in [0.25, 0.3) is 0 Å². The molecule has 2 atom stereocenters. The summed E-state index contributed by atoms with van der Waals surface area (Å²) in [6, 6.07) is 0. The standard InChI is InChI=1S/C6H10O3S/c7-4-1-2-5(6(8)9)10-3-4/h4-5,7H,1-3H2,(H,8,9)/t4-,5-/m1/s1. The SMILES string of the molecule is O=C(O)[C@H]1CC[C@@H](O)CS1. The number of hydrogen-bond acceptors (Lipinski definition) is 3. The molecule has 58 valence electrons. The molecule has 0 bridgehead atoms. The first-order valence-electron chi connectivity index (χ1n) is 3.22. The van der Waals surface area contributed by atoms with Gasteiger partial charge in [-0.1, -0.05) is 0 Å². The highest BCUT2D eigenvalue weighted by Gasteiger charge is 2.24. The van der Waals surface area contributed by atoms with Crippen molar-refractivity contribution in [3.8, 4) is 0 Å². The number of hydrogen-bond donors (Lipinski definition) is 2. The van der Waals surface area contributed by atoms with Gasteiger partial charge in [0.1, 0.15) is 5.25 Å². The van der Waals surface area contributed by atoms with Crippen LogP contribution in [0.3, 0.4) is 0 Å². The first kappa shape index (κ1) is 7.88. The Bertz CT molecular complexity index is 129. The highest BCUT2D eigenvalue weighted by molar-refractivity contribution is 8.00. The van der Waals surface area contributed by atoms with Crippen LogP contribution in [0.2, 0.25) is 0 Å². The molecule has 10 heavy (non-hydrogen) atoms. The Kier molecular flexibility index (Phi) is 2.56. The molecule has 1 fully saturated rings. The van der Waals surface area contributed by atoms with E-state index in [-0.39, 0.29) is 11.4 Å². The predicted molar refractivity (Wildman–Crippen MR) is 39.1 cm³/mol. The molecule has 2 N–H and O–H groups in total. The topological polar surface area (TPSA) is 57.5 Å². The van der Waals surface area contributed by atoms with Crippen LogP contribution in [0.1, 0.15) is 12.8 Å². The third-order valence-electron chi connectivity index (χ3n) is 1.53. The Morgan fingerprint density at radius 2 is 2.20 bits per heavy atom. The Morgan fingerprint density at radius 1 is 1.50 bits per heavy atom. The molecule has 0 aromatic heterocycles. The van der Waals surface area contributed by atoms with Crippen molar-refractivity contribution in [1.82, 2.24) is 0 Å². The van der Waals surface area contributed by atoms with Gasteiger partial charge in [0.2, 0.25) is 0 Å². The number of rotatable bonds is 1. The first-order valence-corrected chi connectivity index (χ1v) is 4.27. The molecule has 0 saturated carbocycles. The molecule has 1 aliphatic heterocycles. The van der Waals surface area contributed by atoms with Crippen LogP contribution in [0.4, 0.5) is 0 Å². The van der Waals surface area contributed by atoms with E-state index < -0.39 is 5.97 Å². The monoisotopic (exact) mass is 162 g/mol. The smallest absolute Gasteiger partial charge is 0.316 e. The molecular weight excluding hydrogens is 152 g/mol. The zero-order valence-corrected chi connectivity index (χ0v) is 6.30. The second-order valence-corrected chi connectivity index (χ2v) is 3.63.